The summed E-state index contributed by atoms with van der Waals surface area (Å²) < 4.78 is 77.1. The number of pyridine rings is 1. The van der Waals surface area contributed by atoms with Gasteiger partial charge in [-0.05, 0) is 48.9 Å². The Bertz CT molecular complexity index is 1010. The Morgan fingerprint density at radius 1 is 0.964 bits per heavy atom. The van der Waals surface area contributed by atoms with Gasteiger partial charge in [0, 0.05) is 4.90 Å². The summed E-state index contributed by atoms with van der Waals surface area (Å²) in [6.45, 7) is 1.54. The van der Waals surface area contributed by atoms with E-state index in [1.165, 1.54) is 31.2 Å². The maximum Gasteiger partial charge on any atom is 0.425 e. The van der Waals surface area contributed by atoms with Crippen LogP contribution in [0.5, 0.6) is 5.75 Å². The van der Waals surface area contributed by atoms with E-state index in [-0.39, 0.29) is 26.2 Å². The van der Waals surface area contributed by atoms with Gasteiger partial charge in [0.05, 0.1) is 16.1 Å². The van der Waals surface area contributed by atoms with Gasteiger partial charge in [0.15, 0.2) is 5.75 Å². The van der Waals surface area contributed by atoms with Crippen LogP contribution in [0.2, 0.25) is 0 Å². The number of alkyl halides is 6. The number of aromatic nitrogens is 1. The van der Waals surface area contributed by atoms with Crippen LogP contribution < -0.4 is 0 Å². The van der Waals surface area contributed by atoms with E-state index in [2.05, 4.69) is 4.98 Å². The lowest BCUT2D eigenvalue weighted by atomic mass is 10.2. The maximum absolute atomic E-state index is 12.9. The Hall–Kier alpha value is -2.20. The minimum Gasteiger partial charge on any atom is -0.505 e. The number of thiophene rings is 1. The van der Waals surface area contributed by atoms with E-state index in [1.807, 2.05) is 0 Å². The molecule has 10 heteroatoms. The molecular weight excluding hydrogens is 424 g/mol. The van der Waals surface area contributed by atoms with E-state index in [0.29, 0.717) is 16.9 Å². The fourth-order valence-electron chi connectivity index (χ4n) is 2.31. The molecule has 28 heavy (non-hydrogen) atoms. The molecule has 1 N–H and O–H groups in total. The molecule has 2 nitrogen and oxygen atoms in total. The van der Waals surface area contributed by atoms with Crippen molar-refractivity contribution >= 4 is 23.1 Å². The molecule has 0 unspecified atom stereocenters. The summed E-state index contributed by atoms with van der Waals surface area (Å²) in [5.74, 6) is -0.237. The van der Waals surface area contributed by atoms with Crippen LogP contribution in [0.4, 0.5) is 26.3 Å². The third-order valence-electron chi connectivity index (χ3n) is 3.67. The van der Waals surface area contributed by atoms with Crippen LogP contribution in [0.3, 0.4) is 0 Å². The van der Waals surface area contributed by atoms with Gasteiger partial charge < -0.3 is 5.11 Å². The summed E-state index contributed by atoms with van der Waals surface area (Å²) in [5.41, 5.74) is -0.301. The standard InChI is InChI=1S/C18H11F6NOS2/c1-9-7-12(13-5-6-14(28-13)18(22,23)24)25-16(15(9)26)27-11-4-2-3-10(8-11)17(19,20)21/h2-8,26H,1H3. The number of aryl methyl sites for hydroxylation is 1. The number of halogens is 6. The van der Waals surface area contributed by atoms with Crippen molar-refractivity contribution in [3.05, 3.63) is 58.5 Å². The highest BCUT2D eigenvalue weighted by molar-refractivity contribution is 7.99. The molecule has 0 spiro atoms. The van der Waals surface area contributed by atoms with Crippen molar-refractivity contribution < 1.29 is 31.4 Å². The molecule has 2 aromatic heterocycles. The quantitative estimate of drug-likeness (QED) is 0.449. The molecule has 3 rings (SSSR count). The number of hydrogen-bond acceptors (Lipinski definition) is 4. The second-order valence-electron chi connectivity index (χ2n) is 5.77. The zero-order valence-electron chi connectivity index (χ0n) is 14.0. The van der Waals surface area contributed by atoms with Crippen molar-refractivity contribution in [2.75, 3.05) is 0 Å². The average Bonchev–Trinajstić information content (AvgIpc) is 3.09. The maximum atomic E-state index is 12.9. The minimum atomic E-state index is -4.52. The highest BCUT2D eigenvalue weighted by Crippen LogP contribution is 2.42. The van der Waals surface area contributed by atoms with Gasteiger partial charge in [-0.15, -0.1) is 11.3 Å². The second kappa shape index (κ2) is 7.32. The van der Waals surface area contributed by atoms with Crippen molar-refractivity contribution in [1.82, 2.24) is 4.98 Å². The van der Waals surface area contributed by atoms with Gasteiger partial charge in [-0.1, -0.05) is 17.8 Å². The molecule has 2 heterocycles. The first kappa shape index (κ1) is 20.5. The van der Waals surface area contributed by atoms with E-state index < -0.39 is 22.8 Å². The number of nitrogens with zero attached hydrogens (tertiary/aromatic N) is 1. The first-order valence-electron chi connectivity index (χ1n) is 7.68. The molecule has 0 saturated carbocycles. The van der Waals surface area contributed by atoms with Crippen LogP contribution in [-0.4, -0.2) is 10.1 Å². The zero-order valence-corrected chi connectivity index (χ0v) is 15.7. The smallest absolute Gasteiger partial charge is 0.425 e. The predicted molar refractivity (Wildman–Crippen MR) is 94.5 cm³/mol. The first-order valence-corrected chi connectivity index (χ1v) is 9.31. The Morgan fingerprint density at radius 3 is 2.29 bits per heavy atom. The molecule has 0 radical (unpaired) electrons. The summed E-state index contributed by atoms with van der Waals surface area (Å²) in [7, 11) is 0. The summed E-state index contributed by atoms with van der Waals surface area (Å²) in [6.07, 6.45) is -9.00. The van der Waals surface area contributed by atoms with E-state index in [1.54, 1.807) is 0 Å². The van der Waals surface area contributed by atoms with Crippen LogP contribution in [0, 0.1) is 6.92 Å². The lowest BCUT2D eigenvalue weighted by molar-refractivity contribution is -0.137. The molecule has 148 valence electrons. The Morgan fingerprint density at radius 2 is 1.68 bits per heavy atom. The number of rotatable bonds is 3. The highest BCUT2D eigenvalue weighted by atomic mass is 32.2. The van der Waals surface area contributed by atoms with Gasteiger partial charge in [0.2, 0.25) is 0 Å². The Kier molecular flexibility index (Phi) is 5.37. The van der Waals surface area contributed by atoms with Gasteiger partial charge in [0.25, 0.3) is 0 Å². The highest BCUT2D eigenvalue weighted by Gasteiger charge is 2.33. The molecule has 0 bridgehead atoms. The van der Waals surface area contributed by atoms with Crippen LogP contribution in [0.15, 0.2) is 52.4 Å². The van der Waals surface area contributed by atoms with Crippen molar-refractivity contribution in [2.24, 2.45) is 0 Å². The molecule has 0 atom stereocenters. The van der Waals surface area contributed by atoms with Crippen molar-refractivity contribution in [3.8, 4) is 16.3 Å². The molecule has 0 saturated heterocycles. The van der Waals surface area contributed by atoms with Gasteiger partial charge in [-0.25, -0.2) is 4.98 Å². The Balaban J connectivity index is 1.98. The summed E-state index contributed by atoms with van der Waals surface area (Å²) in [4.78, 5) is 3.80. The molecule has 0 aliphatic carbocycles. The van der Waals surface area contributed by atoms with E-state index in [0.717, 1.165) is 30.0 Å². The lowest BCUT2D eigenvalue weighted by Gasteiger charge is -2.11. The second-order valence-corrected chi connectivity index (χ2v) is 7.91. The van der Waals surface area contributed by atoms with Crippen LogP contribution >= 0.6 is 23.1 Å². The molecule has 0 aliphatic heterocycles. The zero-order chi connectivity index (χ0) is 20.7. The average molecular weight is 435 g/mol. The normalized spacial score (nSPS) is 12.4. The number of hydrogen-bond donors (Lipinski definition) is 1. The third-order valence-corrected chi connectivity index (χ3v) is 5.79. The Labute approximate surface area is 163 Å². The fraction of sp³-hybridized carbons (Fsp3) is 0.167. The fourth-order valence-corrected chi connectivity index (χ4v) is 4.10. The first-order chi connectivity index (χ1) is 12.9. The summed E-state index contributed by atoms with van der Waals surface area (Å²) >= 11 is 1.30. The van der Waals surface area contributed by atoms with Gasteiger partial charge in [-0.3, -0.25) is 0 Å². The molecular formula is C18H11F6NOS2. The molecule has 3 aromatic rings. The van der Waals surface area contributed by atoms with Crippen LogP contribution in [0.1, 0.15) is 16.0 Å². The molecule has 0 aliphatic rings. The van der Waals surface area contributed by atoms with E-state index >= 15 is 0 Å². The van der Waals surface area contributed by atoms with E-state index in [9.17, 15) is 31.4 Å². The SMILES string of the molecule is Cc1cc(-c2ccc(C(F)(F)F)s2)nc(Sc2cccc(C(F)(F)F)c2)c1O. The third kappa shape index (κ3) is 4.44. The minimum absolute atomic E-state index is 0.0104. The monoisotopic (exact) mass is 435 g/mol. The van der Waals surface area contributed by atoms with Gasteiger partial charge in [-0.2, -0.15) is 26.3 Å². The van der Waals surface area contributed by atoms with Crippen molar-refractivity contribution in [2.45, 2.75) is 29.2 Å². The largest absolute Gasteiger partial charge is 0.505 e. The molecule has 0 fully saturated rings. The summed E-state index contributed by atoms with van der Waals surface area (Å²) in [5, 5.41) is 10.2. The topological polar surface area (TPSA) is 33.1 Å². The molecule has 1 aromatic carbocycles. The van der Waals surface area contributed by atoms with Gasteiger partial charge >= 0.3 is 12.4 Å². The summed E-state index contributed by atoms with van der Waals surface area (Å²) in [6, 6.07) is 8.12. The van der Waals surface area contributed by atoms with Crippen molar-refractivity contribution in [1.29, 1.82) is 0 Å². The van der Waals surface area contributed by atoms with Gasteiger partial charge in [0.1, 0.15) is 9.90 Å². The predicted octanol–water partition coefficient (Wildman–Crippen LogP) is 7.01. The van der Waals surface area contributed by atoms with Crippen molar-refractivity contribution in [3.63, 3.8) is 0 Å². The lowest BCUT2D eigenvalue weighted by Crippen LogP contribution is -2.04. The van der Waals surface area contributed by atoms with Crippen LogP contribution in [-0.2, 0) is 12.4 Å². The number of benzene rings is 1. The van der Waals surface area contributed by atoms with E-state index in [4.69, 9.17) is 0 Å². The van der Waals surface area contributed by atoms with Crippen LogP contribution in [0.25, 0.3) is 10.6 Å². The molecule has 0 amide bonds. The number of aromatic hydroxyl groups is 1.